The molecule has 10 nitrogen and oxygen atoms in total. The minimum Gasteiger partial charge on any atom is -0.488 e. The zero-order valence-electron chi connectivity index (χ0n) is 24.8. The zero-order chi connectivity index (χ0) is 32.9. The molecular formula is C31H29F3N6O4S2. The number of carbonyl (C=O) groups is 2. The first-order chi connectivity index (χ1) is 21.9. The number of aromatic nitrogens is 3. The van der Waals surface area contributed by atoms with Crippen LogP contribution in [-0.2, 0) is 17.5 Å². The molecule has 3 atom stereocenters. The minimum absolute atomic E-state index is 0.0112. The number of ether oxygens (including phenoxy) is 1. The SMILES string of the molecule is C=CC(=O)N1[C@H](C)CN(c2nc(=O)n3c4c(c(-c5sccc5C(N)=O)c(C(F)(F)F)cc24)SCC(Oc2ccncc2)C3)C[C@@H]1C. The molecule has 0 spiro atoms. The fraction of sp³-hybridized carbons (Fsp3) is 0.323. The maximum Gasteiger partial charge on any atom is 0.417 e. The maximum absolute atomic E-state index is 15.1. The number of piperazine rings is 1. The van der Waals surface area contributed by atoms with Crippen LogP contribution in [0.5, 0.6) is 5.75 Å². The van der Waals surface area contributed by atoms with Crippen LogP contribution < -0.4 is 21.1 Å². The first-order valence-corrected chi connectivity index (χ1v) is 16.2. The lowest BCUT2D eigenvalue weighted by atomic mass is 9.98. The molecule has 2 amide bonds. The van der Waals surface area contributed by atoms with Crippen molar-refractivity contribution in [2.45, 2.75) is 49.7 Å². The summed E-state index contributed by atoms with van der Waals surface area (Å²) < 4.78 is 52.7. The molecule has 2 N–H and O–H groups in total. The highest BCUT2D eigenvalue weighted by Crippen LogP contribution is 2.50. The third-order valence-electron chi connectivity index (χ3n) is 8.06. The number of thiophene rings is 1. The predicted octanol–water partition coefficient (Wildman–Crippen LogP) is 4.80. The summed E-state index contributed by atoms with van der Waals surface area (Å²) in [6.07, 6.45) is -1.14. The average molecular weight is 671 g/mol. The second-order valence-corrected chi connectivity index (χ2v) is 13.1. The van der Waals surface area contributed by atoms with Gasteiger partial charge in [0.25, 0.3) is 0 Å². The molecule has 46 heavy (non-hydrogen) atoms. The van der Waals surface area contributed by atoms with E-state index in [4.69, 9.17) is 10.5 Å². The van der Waals surface area contributed by atoms with Crippen LogP contribution in [0.4, 0.5) is 19.0 Å². The van der Waals surface area contributed by atoms with E-state index < -0.39 is 29.4 Å². The van der Waals surface area contributed by atoms with Crippen molar-refractivity contribution in [2.24, 2.45) is 5.73 Å². The molecule has 1 saturated heterocycles. The summed E-state index contributed by atoms with van der Waals surface area (Å²) >= 11 is 2.09. The number of carbonyl (C=O) groups excluding carboxylic acids is 2. The molecule has 0 aliphatic carbocycles. The van der Waals surface area contributed by atoms with Crippen LogP contribution in [0.3, 0.4) is 0 Å². The summed E-state index contributed by atoms with van der Waals surface area (Å²) in [4.78, 5) is 50.8. The fourth-order valence-electron chi connectivity index (χ4n) is 6.24. The minimum atomic E-state index is -4.84. The highest BCUT2D eigenvalue weighted by molar-refractivity contribution is 7.99. The second kappa shape index (κ2) is 12.1. The number of anilines is 1. The van der Waals surface area contributed by atoms with Gasteiger partial charge in [-0.05, 0) is 49.6 Å². The van der Waals surface area contributed by atoms with Crippen molar-refractivity contribution in [3.05, 3.63) is 76.3 Å². The van der Waals surface area contributed by atoms with Crippen molar-refractivity contribution in [1.82, 2.24) is 19.4 Å². The smallest absolute Gasteiger partial charge is 0.417 e. The van der Waals surface area contributed by atoms with Gasteiger partial charge in [-0.2, -0.15) is 18.2 Å². The molecular weight excluding hydrogens is 642 g/mol. The van der Waals surface area contributed by atoms with Crippen molar-refractivity contribution in [2.75, 3.05) is 23.7 Å². The van der Waals surface area contributed by atoms with E-state index in [-0.39, 0.29) is 81.0 Å². The van der Waals surface area contributed by atoms with Crippen molar-refractivity contribution in [1.29, 1.82) is 0 Å². The monoisotopic (exact) mass is 670 g/mol. The number of amides is 2. The van der Waals surface area contributed by atoms with Crippen LogP contribution in [0.1, 0.15) is 29.8 Å². The van der Waals surface area contributed by atoms with E-state index in [2.05, 4.69) is 16.5 Å². The van der Waals surface area contributed by atoms with Crippen molar-refractivity contribution in [3.63, 3.8) is 0 Å². The Hall–Kier alpha value is -4.37. The Morgan fingerprint density at radius 1 is 1.13 bits per heavy atom. The van der Waals surface area contributed by atoms with Gasteiger partial charge < -0.3 is 20.3 Å². The highest BCUT2D eigenvalue weighted by Gasteiger charge is 2.41. The van der Waals surface area contributed by atoms with Crippen LogP contribution in [0.15, 0.2) is 64.4 Å². The van der Waals surface area contributed by atoms with Gasteiger partial charge in [0.1, 0.15) is 17.7 Å². The van der Waals surface area contributed by atoms with Crippen LogP contribution in [-0.4, -0.2) is 68.3 Å². The molecule has 240 valence electrons. The summed E-state index contributed by atoms with van der Waals surface area (Å²) in [5, 5.41) is 1.64. The molecule has 1 unspecified atom stereocenters. The molecule has 0 saturated carbocycles. The number of nitrogens with zero attached hydrogens (tertiary/aromatic N) is 5. The topological polar surface area (TPSA) is 124 Å². The van der Waals surface area contributed by atoms with Gasteiger partial charge in [0, 0.05) is 64.0 Å². The Balaban J connectivity index is 1.61. The average Bonchev–Trinajstić information content (AvgIpc) is 3.42. The summed E-state index contributed by atoms with van der Waals surface area (Å²) in [6, 6.07) is 5.02. The van der Waals surface area contributed by atoms with Gasteiger partial charge in [-0.15, -0.1) is 23.1 Å². The molecule has 1 aromatic carbocycles. The number of rotatable bonds is 6. The Bertz CT molecular complexity index is 1900. The largest absolute Gasteiger partial charge is 0.488 e. The maximum atomic E-state index is 15.1. The number of pyridine rings is 1. The Morgan fingerprint density at radius 3 is 2.46 bits per heavy atom. The van der Waals surface area contributed by atoms with E-state index in [1.165, 1.54) is 22.1 Å². The fourth-order valence-corrected chi connectivity index (χ4v) is 8.51. The molecule has 5 heterocycles. The third kappa shape index (κ3) is 5.61. The molecule has 15 heteroatoms. The normalized spacial score (nSPS) is 20.0. The van der Waals surface area contributed by atoms with Gasteiger partial charge in [0.15, 0.2) is 0 Å². The first kappa shape index (κ1) is 31.6. The summed E-state index contributed by atoms with van der Waals surface area (Å²) in [5.74, 6) is -0.356. The molecule has 0 bridgehead atoms. The number of halogens is 3. The van der Waals surface area contributed by atoms with Gasteiger partial charge in [-0.1, -0.05) is 6.58 Å². The lowest BCUT2D eigenvalue weighted by molar-refractivity contribution is -0.137. The van der Waals surface area contributed by atoms with Crippen molar-refractivity contribution >= 4 is 51.6 Å². The number of hydrogen-bond donors (Lipinski definition) is 1. The van der Waals surface area contributed by atoms with Crippen LogP contribution >= 0.6 is 23.1 Å². The summed E-state index contributed by atoms with van der Waals surface area (Å²) in [5.41, 5.74) is 3.97. The van der Waals surface area contributed by atoms with Crippen LogP contribution in [0.25, 0.3) is 21.3 Å². The molecule has 2 aliphatic rings. The Kier molecular flexibility index (Phi) is 8.31. The van der Waals surface area contributed by atoms with Gasteiger partial charge in [0.2, 0.25) is 11.8 Å². The van der Waals surface area contributed by atoms with Gasteiger partial charge in [-0.3, -0.25) is 19.1 Å². The van der Waals surface area contributed by atoms with Crippen molar-refractivity contribution < 1.29 is 27.5 Å². The molecule has 0 radical (unpaired) electrons. The highest BCUT2D eigenvalue weighted by atomic mass is 32.2. The van der Waals surface area contributed by atoms with E-state index in [1.54, 1.807) is 34.3 Å². The summed E-state index contributed by atoms with van der Waals surface area (Å²) in [6.45, 7) is 7.69. The number of nitrogens with two attached hydrogens (primary N) is 1. The molecule has 3 aromatic heterocycles. The quantitative estimate of drug-likeness (QED) is 0.290. The summed E-state index contributed by atoms with van der Waals surface area (Å²) in [7, 11) is 0. The lowest BCUT2D eigenvalue weighted by Gasteiger charge is -2.44. The third-order valence-corrected chi connectivity index (χ3v) is 10.2. The number of thioether (sulfide) groups is 1. The van der Waals surface area contributed by atoms with Crippen LogP contribution in [0, 0.1) is 0 Å². The lowest BCUT2D eigenvalue weighted by Crippen LogP contribution is -2.58. The van der Waals surface area contributed by atoms with E-state index in [1.807, 2.05) is 13.8 Å². The zero-order valence-corrected chi connectivity index (χ0v) is 26.4. The van der Waals surface area contributed by atoms with E-state index in [9.17, 15) is 14.4 Å². The van der Waals surface area contributed by atoms with E-state index in [0.29, 0.717) is 5.75 Å². The van der Waals surface area contributed by atoms with E-state index >= 15 is 13.2 Å². The standard InChI is InChI=1S/C31H29F3N6O4S2/c1-4-23(41)40-16(2)12-38(13-17(40)3)29-21-11-22(31(32,33)34)24(26-20(28(35)42)7-10-45-26)27-25(21)39(30(43)37-29)14-19(15-46-27)44-18-5-8-36-9-6-18/h4-11,16-17,19H,1,12-15H2,2-3H3,(H2,35,42)/t16-,17+,19?. The van der Waals surface area contributed by atoms with Crippen LogP contribution in [0.2, 0.25) is 0 Å². The molecule has 1 fully saturated rings. The number of benzene rings is 1. The van der Waals surface area contributed by atoms with Gasteiger partial charge in [-0.25, -0.2) is 4.79 Å². The number of primary amides is 1. The second-order valence-electron chi connectivity index (χ2n) is 11.2. The predicted molar refractivity (Wildman–Crippen MR) is 170 cm³/mol. The first-order valence-electron chi connectivity index (χ1n) is 14.3. The molecule has 2 aliphatic heterocycles. The number of hydrogen-bond acceptors (Lipinski definition) is 9. The Labute approximate surface area is 269 Å². The molecule has 4 aromatic rings. The Morgan fingerprint density at radius 2 is 1.83 bits per heavy atom. The van der Waals surface area contributed by atoms with E-state index in [0.717, 1.165) is 29.2 Å². The van der Waals surface area contributed by atoms with Crippen molar-refractivity contribution in [3.8, 4) is 16.2 Å². The number of alkyl halides is 3. The van der Waals surface area contributed by atoms with Gasteiger partial charge in [0.05, 0.1) is 23.2 Å². The molecule has 6 rings (SSSR count). The van der Waals surface area contributed by atoms with Gasteiger partial charge >= 0.3 is 11.9 Å².